The van der Waals surface area contributed by atoms with Crippen LogP contribution in [0.1, 0.15) is 10.8 Å². The molecule has 126 valence electrons. The standard InChI is InChI=1S/C11H12N2O8S2/c14-10(12-8-6-13(11(8)15)23(19,20)21)9(22(16,17)18)7-4-2-1-3-5-7/h1-5,8-9H,6H2,(H,12,14)(H,16,17,18)(H,19,20,21). The Hall–Kier alpha value is -2.02. The van der Waals surface area contributed by atoms with E-state index >= 15 is 0 Å². The summed E-state index contributed by atoms with van der Waals surface area (Å²) in [5.74, 6) is -2.30. The Morgan fingerprint density at radius 1 is 1.17 bits per heavy atom. The summed E-state index contributed by atoms with van der Waals surface area (Å²) in [6.07, 6.45) is 0. The first-order valence-electron chi connectivity index (χ1n) is 6.12. The van der Waals surface area contributed by atoms with Crippen LogP contribution < -0.4 is 5.32 Å². The summed E-state index contributed by atoms with van der Waals surface area (Å²) in [7, 11) is -9.53. The van der Waals surface area contributed by atoms with Gasteiger partial charge in [-0.1, -0.05) is 30.3 Å². The fourth-order valence-electron chi connectivity index (χ4n) is 2.04. The smallest absolute Gasteiger partial charge is 0.341 e. The maximum Gasteiger partial charge on any atom is 0.362 e. The van der Waals surface area contributed by atoms with Gasteiger partial charge in [-0.15, -0.1) is 0 Å². The van der Waals surface area contributed by atoms with E-state index in [1.165, 1.54) is 24.3 Å². The van der Waals surface area contributed by atoms with Crippen LogP contribution in [0, 0.1) is 0 Å². The number of nitrogens with zero attached hydrogens (tertiary/aromatic N) is 1. The molecule has 3 N–H and O–H groups in total. The van der Waals surface area contributed by atoms with Gasteiger partial charge in [0, 0.05) is 0 Å². The first kappa shape index (κ1) is 17.3. The molecule has 2 atom stereocenters. The molecular formula is C11H12N2O8S2. The van der Waals surface area contributed by atoms with E-state index in [0.717, 1.165) is 0 Å². The van der Waals surface area contributed by atoms with E-state index < -0.39 is 50.1 Å². The van der Waals surface area contributed by atoms with Gasteiger partial charge in [-0.25, -0.2) is 4.31 Å². The molecule has 23 heavy (non-hydrogen) atoms. The fraction of sp³-hybridized carbons (Fsp3) is 0.273. The summed E-state index contributed by atoms with van der Waals surface area (Å²) in [6, 6.07) is 5.76. The molecule has 2 amide bonds. The van der Waals surface area contributed by atoms with Crippen LogP contribution in [0.4, 0.5) is 0 Å². The van der Waals surface area contributed by atoms with Crippen molar-refractivity contribution in [1.29, 1.82) is 0 Å². The first-order chi connectivity index (χ1) is 10.5. The van der Waals surface area contributed by atoms with Gasteiger partial charge in [0.05, 0.1) is 6.54 Å². The predicted molar refractivity (Wildman–Crippen MR) is 75.9 cm³/mol. The van der Waals surface area contributed by atoms with E-state index in [4.69, 9.17) is 4.55 Å². The van der Waals surface area contributed by atoms with Crippen molar-refractivity contribution in [2.75, 3.05) is 6.54 Å². The van der Waals surface area contributed by atoms with E-state index in [1.807, 2.05) is 5.32 Å². The van der Waals surface area contributed by atoms with E-state index in [-0.39, 0.29) is 9.87 Å². The van der Waals surface area contributed by atoms with Crippen molar-refractivity contribution < 1.29 is 35.5 Å². The van der Waals surface area contributed by atoms with Crippen LogP contribution in [-0.2, 0) is 30.0 Å². The zero-order chi connectivity index (χ0) is 17.4. The van der Waals surface area contributed by atoms with E-state index in [1.54, 1.807) is 6.07 Å². The van der Waals surface area contributed by atoms with Crippen molar-refractivity contribution in [3.05, 3.63) is 35.9 Å². The number of benzene rings is 1. The Morgan fingerprint density at radius 2 is 1.74 bits per heavy atom. The van der Waals surface area contributed by atoms with Crippen molar-refractivity contribution in [2.45, 2.75) is 11.3 Å². The molecule has 12 heteroatoms. The first-order valence-corrected chi connectivity index (χ1v) is 9.02. The molecule has 1 fully saturated rings. The number of β-lactam (4-membered cyclic amide) rings is 1. The largest absolute Gasteiger partial charge is 0.362 e. The quantitative estimate of drug-likeness (QED) is 0.431. The zero-order valence-corrected chi connectivity index (χ0v) is 13.0. The maximum absolute atomic E-state index is 12.1. The number of rotatable bonds is 5. The summed E-state index contributed by atoms with van der Waals surface area (Å²) in [6.45, 7) is -0.531. The molecule has 1 saturated heterocycles. The van der Waals surface area contributed by atoms with Gasteiger partial charge in [0.2, 0.25) is 5.91 Å². The third-order valence-corrected chi connectivity index (χ3v) is 5.09. The summed E-state index contributed by atoms with van der Waals surface area (Å²) in [5.41, 5.74) is -0.0223. The summed E-state index contributed by atoms with van der Waals surface area (Å²) >= 11 is 0. The van der Waals surface area contributed by atoms with Crippen molar-refractivity contribution >= 4 is 32.2 Å². The van der Waals surface area contributed by atoms with Crippen molar-refractivity contribution in [2.24, 2.45) is 0 Å². The number of carbonyl (C=O) groups excluding carboxylic acids is 2. The van der Waals surface area contributed by atoms with Crippen LogP contribution in [0.5, 0.6) is 0 Å². The maximum atomic E-state index is 12.1. The van der Waals surface area contributed by atoms with Gasteiger partial charge in [-0.05, 0) is 5.56 Å². The van der Waals surface area contributed by atoms with E-state index in [2.05, 4.69) is 0 Å². The molecular weight excluding hydrogens is 352 g/mol. The molecule has 2 rings (SSSR count). The van der Waals surface area contributed by atoms with E-state index in [9.17, 15) is 31.0 Å². The molecule has 1 aliphatic rings. The normalized spacial score (nSPS) is 19.8. The van der Waals surface area contributed by atoms with Crippen molar-refractivity contribution in [3.8, 4) is 0 Å². The molecule has 2 unspecified atom stereocenters. The lowest BCUT2D eigenvalue weighted by Crippen LogP contribution is -2.65. The topological polar surface area (TPSA) is 158 Å². The zero-order valence-electron chi connectivity index (χ0n) is 11.4. The van der Waals surface area contributed by atoms with Crippen molar-refractivity contribution in [3.63, 3.8) is 0 Å². The lowest BCUT2D eigenvalue weighted by Gasteiger charge is -2.35. The molecule has 0 aromatic heterocycles. The highest BCUT2D eigenvalue weighted by Gasteiger charge is 2.46. The summed E-state index contributed by atoms with van der Waals surface area (Å²) in [5, 5.41) is 0.0667. The highest BCUT2D eigenvalue weighted by molar-refractivity contribution is 7.86. The van der Waals surface area contributed by atoms with Crippen LogP contribution in [0.3, 0.4) is 0 Å². The molecule has 0 bridgehead atoms. The molecule has 0 saturated carbocycles. The van der Waals surface area contributed by atoms with Crippen LogP contribution in [0.2, 0.25) is 0 Å². The summed E-state index contributed by atoms with van der Waals surface area (Å²) < 4.78 is 62.5. The highest BCUT2D eigenvalue weighted by atomic mass is 32.2. The Balaban J connectivity index is 2.17. The van der Waals surface area contributed by atoms with Gasteiger partial charge in [0.15, 0.2) is 5.25 Å². The minimum Gasteiger partial charge on any atom is -0.341 e. The Bertz CT molecular complexity index is 834. The Morgan fingerprint density at radius 3 is 2.17 bits per heavy atom. The minimum atomic E-state index is -4.81. The molecule has 10 nitrogen and oxygen atoms in total. The van der Waals surface area contributed by atoms with Gasteiger partial charge >= 0.3 is 10.3 Å². The third kappa shape index (κ3) is 3.67. The van der Waals surface area contributed by atoms with Crippen LogP contribution in [0.25, 0.3) is 0 Å². The number of carbonyl (C=O) groups is 2. The van der Waals surface area contributed by atoms with Gasteiger partial charge < -0.3 is 5.32 Å². The lowest BCUT2D eigenvalue weighted by molar-refractivity contribution is -0.140. The minimum absolute atomic E-state index is 0.0223. The van der Waals surface area contributed by atoms with Crippen LogP contribution in [0.15, 0.2) is 30.3 Å². The molecule has 1 heterocycles. The SMILES string of the molecule is O=C(NC1CN(S(=O)(=O)O)C1=O)C(c1ccccc1)S(=O)(=O)O. The number of hydrogen-bond acceptors (Lipinski definition) is 6. The highest BCUT2D eigenvalue weighted by Crippen LogP contribution is 2.23. The summed E-state index contributed by atoms with van der Waals surface area (Å²) in [4.78, 5) is 23.6. The van der Waals surface area contributed by atoms with Gasteiger partial charge in [-0.3, -0.25) is 18.7 Å². The Labute approximate surface area is 131 Å². The van der Waals surface area contributed by atoms with Gasteiger partial charge in [-0.2, -0.15) is 16.8 Å². The van der Waals surface area contributed by atoms with Crippen LogP contribution >= 0.6 is 0 Å². The second-order valence-electron chi connectivity index (χ2n) is 4.71. The Kier molecular flexibility index (Phi) is 4.43. The number of hydrogen-bond donors (Lipinski definition) is 3. The molecule has 0 aliphatic carbocycles. The number of nitrogens with one attached hydrogen (secondary N) is 1. The van der Waals surface area contributed by atoms with Gasteiger partial charge in [0.1, 0.15) is 6.04 Å². The molecule has 1 aromatic rings. The van der Waals surface area contributed by atoms with Gasteiger partial charge in [0.25, 0.3) is 16.0 Å². The van der Waals surface area contributed by atoms with Crippen LogP contribution in [-0.4, -0.2) is 54.6 Å². The average molecular weight is 364 g/mol. The van der Waals surface area contributed by atoms with E-state index in [0.29, 0.717) is 0 Å². The second kappa shape index (κ2) is 5.88. The monoisotopic (exact) mass is 364 g/mol. The predicted octanol–water partition coefficient (Wildman–Crippen LogP) is -1.25. The third-order valence-electron chi connectivity index (χ3n) is 3.13. The molecule has 0 spiro atoms. The van der Waals surface area contributed by atoms with Crippen molar-refractivity contribution in [1.82, 2.24) is 9.62 Å². The average Bonchev–Trinajstić information content (AvgIpc) is 2.41. The molecule has 0 radical (unpaired) electrons. The lowest BCUT2D eigenvalue weighted by atomic mass is 10.1. The molecule has 1 aliphatic heterocycles. The fourth-order valence-corrected chi connectivity index (χ4v) is 3.58. The number of amides is 2. The second-order valence-corrected chi connectivity index (χ2v) is 7.55. The molecule has 1 aromatic carbocycles.